The summed E-state index contributed by atoms with van der Waals surface area (Å²) in [6, 6.07) is 117. The average Bonchev–Trinajstić information content (AvgIpc) is 1.44. The molecule has 2 aliphatic heterocycles. The second-order valence-corrected chi connectivity index (χ2v) is 23.5. The van der Waals surface area contributed by atoms with Gasteiger partial charge in [0.25, 0.3) is 0 Å². The van der Waals surface area contributed by atoms with Crippen LogP contribution in [0.4, 0.5) is 17.1 Å². The van der Waals surface area contributed by atoms with E-state index in [1.54, 1.807) is 0 Å². The average molecular weight is 1090 g/mol. The van der Waals surface area contributed by atoms with Crippen molar-refractivity contribution in [3.05, 3.63) is 366 Å². The molecule has 0 saturated carbocycles. The van der Waals surface area contributed by atoms with Gasteiger partial charge in [0.05, 0.1) is 22.2 Å². The van der Waals surface area contributed by atoms with Gasteiger partial charge in [-0.1, -0.05) is 289 Å². The molecule has 0 bridgehead atoms. The topological polar surface area (TPSA) is 16.1 Å². The van der Waals surface area contributed by atoms with Gasteiger partial charge in [-0.25, -0.2) is 0 Å². The molecule has 0 radical (unpaired) electrons. The van der Waals surface area contributed by atoms with Gasteiger partial charge < -0.3 is 4.90 Å². The number of anilines is 3. The van der Waals surface area contributed by atoms with Crippen molar-refractivity contribution in [2.75, 3.05) is 4.90 Å². The Morgan fingerprint density at radius 3 is 1.38 bits per heavy atom. The lowest BCUT2D eigenvalue weighted by atomic mass is 9.37. The highest BCUT2D eigenvalue weighted by atomic mass is 15.2. The summed E-state index contributed by atoms with van der Waals surface area (Å²) in [6.45, 7) is -0.139. The van der Waals surface area contributed by atoms with Crippen molar-refractivity contribution in [1.29, 1.82) is 0 Å². The molecule has 13 aromatic carbocycles. The standard InChI is InChI=1S/C83H53BN2/c1-5-24-54(25-6-1)61-36-23-37-67-79-77(56-48-50-85-51-49-56)65-34-13-14-35-66(65)78(55-26-7-2-8-27-55)81(79)84(80(61)67)59-44-47-71-68(52-59)64-46-45-60(53-74(64)83(71)69-38-17-15-32-62(69)63-33-16-18-39-70(63)83)86-75-42-21-19-40-72(75)82(57-28-9-3-10-29-57,58-30-11-4-12-31-58)73-41-20-22-43-76(73)86/h1-53H. The summed E-state index contributed by atoms with van der Waals surface area (Å²) in [7, 11) is 0. The second-order valence-electron chi connectivity index (χ2n) is 23.5. The Hall–Kier alpha value is -10.9. The molecule has 0 amide bonds. The Kier molecular flexibility index (Phi) is 10.6. The van der Waals surface area contributed by atoms with Crippen LogP contribution in [0.15, 0.2) is 322 Å². The van der Waals surface area contributed by atoms with E-state index in [9.17, 15) is 0 Å². The fourth-order valence-corrected chi connectivity index (χ4v) is 16.4. The summed E-state index contributed by atoms with van der Waals surface area (Å²) in [5.74, 6) is 0. The van der Waals surface area contributed by atoms with Gasteiger partial charge in [-0.15, -0.1) is 0 Å². The maximum Gasteiger partial charge on any atom is 0.244 e. The highest BCUT2D eigenvalue weighted by Gasteiger charge is 2.53. The van der Waals surface area contributed by atoms with Gasteiger partial charge in [0.2, 0.25) is 6.71 Å². The summed E-state index contributed by atoms with van der Waals surface area (Å²) >= 11 is 0. The summed E-state index contributed by atoms with van der Waals surface area (Å²) in [5, 5.41) is 2.48. The first-order chi connectivity index (χ1) is 42.7. The number of nitrogens with zero attached hydrogens (tertiary/aromatic N) is 2. The molecule has 1 spiro atoms. The predicted molar refractivity (Wildman–Crippen MR) is 357 cm³/mol. The quantitative estimate of drug-likeness (QED) is 0.148. The molecule has 0 fully saturated rings. The third kappa shape index (κ3) is 6.60. The molecule has 398 valence electrons. The minimum Gasteiger partial charge on any atom is -0.310 e. The van der Waals surface area contributed by atoms with E-state index in [4.69, 9.17) is 0 Å². The first-order valence-electron chi connectivity index (χ1n) is 30.0. The highest BCUT2D eigenvalue weighted by Crippen LogP contribution is 2.65. The van der Waals surface area contributed by atoms with Crippen LogP contribution in [0.25, 0.3) is 77.5 Å². The van der Waals surface area contributed by atoms with Crippen LogP contribution in [0.2, 0.25) is 0 Å². The van der Waals surface area contributed by atoms with E-state index in [2.05, 4.69) is 319 Å². The largest absolute Gasteiger partial charge is 0.310 e. The first-order valence-corrected chi connectivity index (χ1v) is 30.0. The maximum absolute atomic E-state index is 4.56. The Morgan fingerprint density at radius 1 is 0.279 bits per heavy atom. The van der Waals surface area contributed by atoms with E-state index in [1.807, 2.05) is 12.4 Å². The number of hydrogen-bond acceptors (Lipinski definition) is 2. The zero-order valence-electron chi connectivity index (χ0n) is 47.1. The zero-order valence-corrected chi connectivity index (χ0v) is 47.1. The number of hydrogen-bond donors (Lipinski definition) is 0. The monoisotopic (exact) mass is 1090 g/mol. The number of rotatable bonds is 7. The minimum atomic E-state index is -0.611. The van der Waals surface area contributed by atoms with E-state index in [0.29, 0.717) is 0 Å². The van der Waals surface area contributed by atoms with Crippen molar-refractivity contribution in [1.82, 2.24) is 4.98 Å². The maximum atomic E-state index is 4.56. The van der Waals surface area contributed by atoms with Crippen LogP contribution in [0, 0.1) is 0 Å². The number of pyridine rings is 1. The molecular formula is C83H53BN2. The van der Waals surface area contributed by atoms with Crippen LogP contribution in [0.1, 0.15) is 44.5 Å². The smallest absolute Gasteiger partial charge is 0.244 e. The third-order valence-corrected chi connectivity index (χ3v) is 19.5. The van der Waals surface area contributed by atoms with Gasteiger partial charge >= 0.3 is 0 Å². The van der Waals surface area contributed by atoms with Gasteiger partial charge in [0, 0.05) is 18.1 Å². The lowest BCUT2D eigenvalue weighted by molar-refractivity contribution is 0.731. The summed E-state index contributed by atoms with van der Waals surface area (Å²) in [6.07, 6.45) is 3.89. The Labute approximate surface area is 501 Å². The molecule has 2 nitrogen and oxygen atoms in total. The van der Waals surface area contributed by atoms with E-state index >= 15 is 0 Å². The summed E-state index contributed by atoms with van der Waals surface area (Å²) in [4.78, 5) is 7.11. The van der Waals surface area contributed by atoms with Crippen molar-refractivity contribution < 1.29 is 0 Å². The Balaban J connectivity index is 0.923. The predicted octanol–water partition coefficient (Wildman–Crippen LogP) is 18.2. The lowest BCUT2D eigenvalue weighted by Gasteiger charge is -2.46. The van der Waals surface area contributed by atoms with E-state index in [-0.39, 0.29) is 6.71 Å². The van der Waals surface area contributed by atoms with Crippen molar-refractivity contribution in [3.8, 4) is 66.8 Å². The third-order valence-electron chi connectivity index (χ3n) is 19.5. The Bertz CT molecular complexity index is 4920. The van der Waals surface area contributed by atoms with Crippen LogP contribution in [0.5, 0.6) is 0 Å². The molecule has 4 aliphatic rings. The number of para-hydroxylation sites is 2. The molecule has 18 rings (SSSR count). The molecular weight excluding hydrogens is 1040 g/mol. The second kappa shape index (κ2) is 18.8. The highest BCUT2D eigenvalue weighted by molar-refractivity contribution is 7.01. The van der Waals surface area contributed by atoms with Crippen LogP contribution in [0.3, 0.4) is 0 Å². The van der Waals surface area contributed by atoms with Crippen molar-refractivity contribution in [3.63, 3.8) is 0 Å². The molecule has 0 unspecified atom stereocenters. The molecule has 86 heavy (non-hydrogen) atoms. The number of aromatic nitrogens is 1. The van der Waals surface area contributed by atoms with Gasteiger partial charge in [0.1, 0.15) is 0 Å². The molecule has 3 heteroatoms. The molecule has 14 aromatic rings. The van der Waals surface area contributed by atoms with Crippen LogP contribution in [-0.2, 0) is 10.8 Å². The van der Waals surface area contributed by atoms with Gasteiger partial charge in [-0.2, -0.15) is 0 Å². The number of fused-ring (bicyclic) bond motifs is 16. The van der Waals surface area contributed by atoms with Crippen LogP contribution >= 0.6 is 0 Å². The van der Waals surface area contributed by atoms with Crippen LogP contribution < -0.4 is 21.3 Å². The molecule has 0 atom stereocenters. The number of benzene rings is 13. The van der Waals surface area contributed by atoms with Crippen molar-refractivity contribution in [2.24, 2.45) is 0 Å². The van der Waals surface area contributed by atoms with Gasteiger partial charge in [-0.3, -0.25) is 4.98 Å². The molecule has 0 saturated heterocycles. The van der Waals surface area contributed by atoms with Crippen molar-refractivity contribution >= 4 is 50.9 Å². The normalized spacial score (nSPS) is 14.0. The zero-order chi connectivity index (χ0) is 56.5. The molecule has 2 aliphatic carbocycles. The SMILES string of the molecule is c1ccc(-c2cccc3c2B(c2ccc4c(c2)-c2ccc(N5c6ccccc6C(c6ccccc6)(c6ccccc6)c6ccccc65)cc2C42c4ccccc4-c4ccccc42)c2c-3c(-c3ccncc3)c3ccccc3c2-c2ccccc2)cc1. The van der Waals surface area contributed by atoms with E-state index in [1.165, 1.54) is 144 Å². The fourth-order valence-electron chi connectivity index (χ4n) is 16.4. The Morgan fingerprint density at radius 2 is 0.756 bits per heavy atom. The fraction of sp³-hybridized carbons (Fsp3) is 0.0241. The van der Waals surface area contributed by atoms with Crippen molar-refractivity contribution in [2.45, 2.75) is 10.8 Å². The lowest BCUT2D eigenvalue weighted by Crippen LogP contribution is -2.50. The minimum absolute atomic E-state index is 0.139. The summed E-state index contributed by atoms with van der Waals surface area (Å²) in [5.41, 5.74) is 31.4. The summed E-state index contributed by atoms with van der Waals surface area (Å²) < 4.78 is 0. The van der Waals surface area contributed by atoms with Crippen LogP contribution in [-0.4, -0.2) is 11.7 Å². The first kappa shape index (κ1) is 48.6. The van der Waals surface area contributed by atoms with Gasteiger partial charge in [-0.05, 0) is 158 Å². The molecule has 1 aromatic heterocycles. The van der Waals surface area contributed by atoms with Gasteiger partial charge in [0.15, 0.2) is 0 Å². The van der Waals surface area contributed by atoms with E-state index < -0.39 is 10.8 Å². The molecule has 3 heterocycles. The van der Waals surface area contributed by atoms with E-state index in [0.717, 1.165) is 11.3 Å². The molecule has 0 N–H and O–H groups in total.